The molecular formula is C14H27NO2. The quantitative estimate of drug-likeness (QED) is 0.642. The zero-order valence-electron chi connectivity index (χ0n) is 11.1. The lowest BCUT2D eigenvalue weighted by atomic mass is 9.80. The van der Waals surface area contributed by atoms with Crippen molar-refractivity contribution in [1.29, 1.82) is 0 Å². The van der Waals surface area contributed by atoms with E-state index < -0.39 is 5.97 Å². The molecule has 1 rings (SSSR count). The summed E-state index contributed by atoms with van der Waals surface area (Å²) in [5.74, 6) is 1.07. The third-order valence-corrected chi connectivity index (χ3v) is 3.94. The van der Waals surface area contributed by atoms with Crippen LogP contribution in [-0.4, -0.2) is 24.2 Å². The van der Waals surface area contributed by atoms with Gasteiger partial charge >= 0.3 is 5.97 Å². The molecule has 3 heteroatoms. The Morgan fingerprint density at radius 2 is 2.00 bits per heavy atom. The van der Waals surface area contributed by atoms with Gasteiger partial charge in [-0.15, -0.1) is 0 Å². The topological polar surface area (TPSA) is 49.3 Å². The number of carbonyl (C=O) groups is 1. The smallest absolute Gasteiger partial charge is 0.303 e. The average Bonchev–Trinajstić information content (AvgIpc) is 2.30. The van der Waals surface area contributed by atoms with Gasteiger partial charge in [0.1, 0.15) is 0 Å². The van der Waals surface area contributed by atoms with Crippen LogP contribution in [0.25, 0.3) is 0 Å². The van der Waals surface area contributed by atoms with Crippen molar-refractivity contribution >= 4 is 5.97 Å². The predicted octanol–water partition coefficient (Wildman–Crippen LogP) is 3.05. The molecule has 0 radical (unpaired) electrons. The normalized spacial score (nSPS) is 24.8. The Balaban J connectivity index is 1.91. The number of aliphatic carboxylic acids is 1. The van der Waals surface area contributed by atoms with Gasteiger partial charge in [0.2, 0.25) is 0 Å². The second kappa shape index (κ2) is 8.51. The Bertz CT molecular complexity index is 218. The molecule has 2 atom stereocenters. The van der Waals surface area contributed by atoms with Crippen molar-refractivity contribution in [2.24, 2.45) is 11.8 Å². The number of nitrogens with one attached hydrogen (secondary N) is 1. The molecule has 0 amide bonds. The van der Waals surface area contributed by atoms with Gasteiger partial charge in [0.25, 0.3) is 0 Å². The second-order valence-corrected chi connectivity index (χ2v) is 5.43. The van der Waals surface area contributed by atoms with Crippen molar-refractivity contribution in [2.75, 3.05) is 13.1 Å². The summed E-state index contributed by atoms with van der Waals surface area (Å²) in [5.41, 5.74) is 0. The number of unbranched alkanes of at least 4 members (excludes halogenated alkanes) is 2. The van der Waals surface area contributed by atoms with Gasteiger partial charge in [0.15, 0.2) is 0 Å². The maximum absolute atomic E-state index is 10.3. The molecule has 0 aromatic carbocycles. The van der Waals surface area contributed by atoms with Crippen LogP contribution >= 0.6 is 0 Å². The number of hydrogen-bond donors (Lipinski definition) is 2. The molecule has 2 N–H and O–H groups in total. The summed E-state index contributed by atoms with van der Waals surface area (Å²) in [5, 5.41) is 12.0. The molecule has 0 bridgehead atoms. The van der Waals surface area contributed by atoms with Crippen molar-refractivity contribution in [3.63, 3.8) is 0 Å². The Morgan fingerprint density at radius 3 is 2.71 bits per heavy atom. The molecule has 17 heavy (non-hydrogen) atoms. The molecule has 2 unspecified atom stereocenters. The van der Waals surface area contributed by atoms with Crippen LogP contribution in [0.2, 0.25) is 0 Å². The van der Waals surface area contributed by atoms with E-state index in [2.05, 4.69) is 12.2 Å². The molecular weight excluding hydrogens is 214 g/mol. The molecule has 1 fully saturated rings. The first-order valence-corrected chi connectivity index (χ1v) is 7.12. The van der Waals surface area contributed by atoms with Crippen LogP contribution in [0.15, 0.2) is 0 Å². The highest BCUT2D eigenvalue weighted by atomic mass is 16.4. The zero-order chi connectivity index (χ0) is 12.5. The average molecular weight is 241 g/mol. The van der Waals surface area contributed by atoms with Gasteiger partial charge in [-0.3, -0.25) is 4.79 Å². The van der Waals surface area contributed by atoms with Gasteiger partial charge in [-0.1, -0.05) is 32.6 Å². The highest BCUT2D eigenvalue weighted by Gasteiger charge is 2.20. The van der Waals surface area contributed by atoms with Crippen LogP contribution in [0.4, 0.5) is 0 Å². The van der Waals surface area contributed by atoms with Crippen LogP contribution in [0.1, 0.15) is 58.3 Å². The molecule has 0 spiro atoms. The Hall–Kier alpha value is -0.570. The van der Waals surface area contributed by atoms with Gasteiger partial charge in [-0.25, -0.2) is 0 Å². The van der Waals surface area contributed by atoms with Crippen molar-refractivity contribution in [2.45, 2.75) is 58.3 Å². The molecule has 0 saturated heterocycles. The summed E-state index contributed by atoms with van der Waals surface area (Å²) >= 11 is 0. The molecule has 0 aliphatic heterocycles. The first-order valence-electron chi connectivity index (χ1n) is 7.12. The molecule has 0 heterocycles. The molecule has 1 aliphatic rings. The first kappa shape index (κ1) is 14.5. The molecule has 3 nitrogen and oxygen atoms in total. The van der Waals surface area contributed by atoms with Crippen LogP contribution in [0.5, 0.6) is 0 Å². The van der Waals surface area contributed by atoms with E-state index in [0.29, 0.717) is 6.42 Å². The number of carboxylic acids is 1. The largest absolute Gasteiger partial charge is 0.481 e. The number of hydrogen-bond acceptors (Lipinski definition) is 2. The van der Waals surface area contributed by atoms with Crippen LogP contribution in [0.3, 0.4) is 0 Å². The molecule has 1 saturated carbocycles. The van der Waals surface area contributed by atoms with Crippen LogP contribution in [0, 0.1) is 11.8 Å². The summed E-state index contributed by atoms with van der Waals surface area (Å²) in [6, 6.07) is 0. The maximum Gasteiger partial charge on any atom is 0.303 e. The van der Waals surface area contributed by atoms with Crippen molar-refractivity contribution in [1.82, 2.24) is 5.32 Å². The van der Waals surface area contributed by atoms with Crippen LogP contribution < -0.4 is 5.32 Å². The summed E-state index contributed by atoms with van der Waals surface area (Å²) < 4.78 is 0. The standard InChI is InChI=1S/C14H27NO2/c1-12-7-4-5-8-13(12)11-15-10-6-2-3-9-14(16)17/h12-13,15H,2-11H2,1H3,(H,16,17). The van der Waals surface area contributed by atoms with Crippen LogP contribution in [-0.2, 0) is 4.79 Å². The summed E-state index contributed by atoms with van der Waals surface area (Å²) in [4.78, 5) is 10.3. The molecule has 0 aromatic heterocycles. The van der Waals surface area contributed by atoms with E-state index in [1.165, 1.54) is 25.7 Å². The highest BCUT2D eigenvalue weighted by molar-refractivity contribution is 5.66. The minimum atomic E-state index is -0.672. The monoisotopic (exact) mass is 241 g/mol. The van der Waals surface area contributed by atoms with Gasteiger partial charge in [0.05, 0.1) is 0 Å². The van der Waals surface area contributed by atoms with E-state index in [0.717, 1.165) is 44.2 Å². The fourth-order valence-electron chi connectivity index (χ4n) is 2.69. The zero-order valence-corrected chi connectivity index (χ0v) is 11.1. The van der Waals surface area contributed by atoms with E-state index >= 15 is 0 Å². The lowest BCUT2D eigenvalue weighted by Gasteiger charge is -2.28. The first-order chi connectivity index (χ1) is 8.20. The minimum absolute atomic E-state index is 0.319. The Labute approximate surface area is 105 Å². The predicted molar refractivity (Wildman–Crippen MR) is 70.1 cm³/mol. The fourth-order valence-corrected chi connectivity index (χ4v) is 2.69. The van der Waals surface area contributed by atoms with Gasteiger partial charge in [-0.05, 0) is 44.2 Å². The Morgan fingerprint density at radius 1 is 1.24 bits per heavy atom. The third-order valence-electron chi connectivity index (χ3n) is 3.94. The molecule has 0 aromatic rings. The van der Waals surface area contributed by atoms with E-state index in [4.69, 9.17) is 5.11 Å². The number of rotatable bonds is 8. The van der Waals surface area contributed by atoms with Crippen molar-refractivity contribution in [3.8, 4) is 0 Å². The Kier molecular flexibility index (Phi) is 7.25. The van der Waals surface area contributed by atoms with E-state index in [1.54, 1.807) is 0 Å². The van der Waals surface area contributed by atoms with E-state index in [-0.39, 0.29) is 0 Å². The summed E-state index contributed by atoms with van der Waals surface area (Å²) in [6.45, 7) is 4.57. The molecule has 1 aliphatic carbocycles. The fraction of sp³-hybridized carbons (Fsp3) is 0.929. The van der Waals surface area contributed by atoms with Crippen molar-refractivity contribution in [3.05, 3.63) is 0 Å². The second-order valence-electron chi connectivity index (χ2n) is 5.43. The highest BCUT2D eigenvalue weighted by Crippen LogP contribution is 2.28. The summed E-state index contributed by atoms with van der Waals surface area (Å²) in [6.07, 6.45) is 8.85. The van der Waals surface area contributed by atoms with Gasteiger partial charge < -0.3 is 10.4 Å². The van der Waals surface area contributed by atoms with Gasteiger partial charge in [0, 0.05) is 6.42 Å². The van der Waals surface area contributed by atoms with Crippen molar-refractivity contribution < 1.29 is 9.90 Å². The van der Waals surface area contributed by atoms with E-state index in [1.807, 2.05) is 0 Å². The minimum Gasteiger partial charge on any atom is -0.481 e. The number of carboxylic acid groups (broad SMARTS) is 1. The SMILES string of the molecule is CC1CCCCC1CNCCCCCC(=O)O. The summed E-state index contributed by atoms with van der Waals surface area (Å²) in [7, 11) is 0. The third kappa shape index (κ3) is 6.67. The molecule has 100 valence electrons. The van der Waals surface area contributed by atoms with E-state index in [9.17, 15) is 4.79 Å². The lowest BCUT2D eigenvalue weighted by molar-refractivity contribution is -0.137. The lowest BCUT2D eigenvalue weighted by Crippen LogP contribution is -2.29. The maximum atomic E-state index is 10.3. The van der Waals surface area contributed by atoms with Gasteiger partial charge in [-0.2, -0.15) is 0 Å².